The number of aromatic nitrogens is 1. The van der Waals surface area contributed by atoms with Crippen LogP contribution >= 0.6 is 0 Å². The molecule has 4 heteroatoms. The monoisotopic (exact) mass is 605 g/mol. The molecule has 0 bridgehead atoms. The predicted octanol–water partition coefficient (Wildman–Crippen LogP) is 10.7. The summed E-state index contributed by atoms with van der Waals surface area (Å²) in [4.78, 5) is 4.63. The molecule has 0 N–H and O–H groups in total. The van der Waals surface area contributed by atoms with E-state index in [-0.39, 0.29) is 15.8 Å². The molecule has 0 amide bonds. The van der Waals surface area contributed by atoms with Crippen molar-refractivity contribution in [3.8, 4) is 11.5 Å². The number of ether oxygens (including phenoxy) is 2. The molecule has 1 aliphatic carbocycles. The third-order valence-electron chi connectivity index (χ3n) is 10.0. The molecule has 3 nitrogen and oxygen atoms in total. The van der Waals surface area contributed by atoms with Crippen LogP contribution in [0.3, 0.4) is 0 Å². The molecule has 0 spiro atoms. The lowest BCUT2D eigenvalue weighted by Gasteiger charge is -2.21. The Morgan fingerprint density at radius 2 is 1.49 bits per heavy atom. The van der Waals surface area contributed by atoms with Crippen LogP contribution in [0.4, 0.5) is 0 Å². The molecule has 4 unspecified atom stereocenters. The van der Waals surface area contributed by atoms with E-state index in [4.69, 9.17) is 9.47 Å². The van der Waals surface area contributed by atoms with E-state index in [9.17, 15) is 0 Å². The van der Waals surface area contributed by atoms with Crippen molar-refractivity contribution in [2.24, 2.45) is 11.8 Å². The fourth-order valence-corrected chi connectivity index (χ4v) is 8.61. The van der Waals surface area contributed by atoms with Crippen LogP contribution in [0.15, 0.2) is 42.6 Å². The molecule has 4 rings (SSSR count). The number of rotatable bonds is 24. The standard InChI is InChI=1S/C39H63NO2Si/c1-4-5-11-17-31(2)18-16-20-34(26-23-32(3)43-38-21-14-15-29-40-38)35-27-28-36-37(30-35)42-39(41-36)22-13-10-8-6-7-9-12-19-33-24-25-33/h14-15,21,27-34,39H,4-13,16-20,22-26,43H2,1-3H3. The SMILES string of the molecule is CCCCCC(C)CCCC(CCC(C)[SiH2]c1ccccn1)c1ccc2c(c1)OC(CCCCCCCCCC1CC1)O2. The fourth-order valence-electron chi connectivity index (χ4n) is 6.97. The first-order chi connectivity index (χ1) is 21.1. The fraction of sp³-hybridized carbons (Fsp3) is 0.718. The van der Waals surface area contributed by atoms with Crippen molar-refractivity contribution in [3.63, 3.8) is 0 Å². The topological polar surface area (TPSA) is 31.4 Å². The Balaban J connectivity index is 1.21. The Bertz CT molecular complexity index is 1010. The van der Waals surface area contributed by atoms with Crippen LogP contribution < -0.4 is 14.8 Å². The molecule has 240 valence electrons. The molecule has 1 saturated carbocycles. The molecule has 2 aliphatic rings. The quantitative estimate of drug-likeness (QED) is 0.0881. The van der Waals surface area contributed by atoms with Gasteiger partial charge in [-0.1, -0.05) is 136 Å². The van der Waals surface area contributed by atoms with Crippen LogP contribution in [0.5, 0.6) is 11.5 Å². The van der Waals surface area contributed by atoms with Crippen LogP contribution in [-0.2, 0) is 0 Å². The molecule has 4 atom stereocenters. The lowest BCUT2D eigenvalue weighted by Crippen LogP contribution is -2.21. The first-order valence-electron chi connectivity index (χ1n) is 18.5. The number of fused-ring (bicyclic) bond motifs is 1. The van der Waals surface area contributed by atoms with Gasteiger partial charge in [-0.25, -0.2) is 0 Å². The minimum Gasteiger partial charge on any atom is -0.451 e. The highest BCUT2D eigenvalue weighted by molar-refractivity contribution is 6.53. The van der Waals surface area contributed by atoms with E-state index in [1.165, 1.54) is 133 Å². The summed E-state index contributed by atoms with van der Waals surface area (Å²) in [5.74, 6) is 4.46. The molecule has 0 radical (unpaired) electrons. The summed E-state index contributed by atoms with van der Waals surface area (Å²) in [7, 11) is -0.345. The maximum Gasteiger partial charge on any atom is 0.241 e. The Kier molecular flexibility index (Phi) is 15.5. The van der Waals surface area contributed by atoms with Crippen molar-refractivity contribution in [1.29, 1.82) is 0 Å². The van der Waals surface area contributed by atoms with E-state index in [1.54, 1.807) is 0 Å². The molecule has 0 saturated heterocycles. The predicted molar refractivity (Wildman–Crippen MR) is 187 cm³/mol. The van der Waals surface area contributed by atoms with Crippen molar-refractivity contribution in [3.05, 3.63) is 48.2 Å². The first kappa shape index (κ1) is 34.1. The maximum atomic E-state index is 6.36. The summed E-state index contributed by atoms with van der Waals surface area (Å²) in [6.45, 7) is 7.22. The molecule has 1 aromatic heterocycles. The van der Waals surface area contributed by atoms with Gasteiger partial charge in [0.2, 0.25) is 6.29 Å². The van der Waals surface area contributed by atoms with Gasteiger partial charge < -0.3 is 9.47 Å². The Morgan fingerprint density at radius 3 is 2.23 bits per heavy atom. The molecular weight excluding hydrogens is 543 g/mol. The van der Waals surface area contributed by atoms with Crippen LogP contribution in [0.25, 0.3) is 0 Å². The second-order valence-corrected chi connectivity index (χ2v) is 16.8. The zero-order valence-corrected chi connectivity index (χ0v) is 29.5. The van der Waals surface area contributed by atoms with Crippen molar-refractivity contribution in [1.82, 2.24) is 4.98 Å². The minimum atomic E-state index is -0.345. The van der Waals surface area contributed by atoms with Gasteiger partial charge >= 0.3 is 0 Å². The molecule has 2 aromatic rings. The highest BCUT2D eigenvalue weighted by Crippen LogP contribution is 2.41. The summed E-state index contributed by atoms with van der Waals surface area (Å²) in [5, 5.41) is 1.35. The van der Waals surface area contributed by atoms with Crippen molar-refractivity contribution >= 4 is 14.8 Å². The van der Waals surface area contributed by atoms with Crippen LogP contribution in [0.1, 0.15) is 161 Å². The van der Waals surface area contributed by atoms with Gasteiger partial charge in [-0.05, 0) is 72.4 Å². The highest BCUT2D eigenvalue weighted by Gasteiger charge is 2.26. The second-order valence-electron chi connectivity index (χ2n) is 14.3. The first-order valence-corrected chi connectivity index (χ1v) is 20.0. The third-order valence-corrected chi connectivity index (χ3v) is 12.0. The average Bonchev–Trinajstić information content (AvgIpc) is 3.75. The van der Waals surface area contributed by atoms with Gasteiger partial charge in [-0.2, -0.15) is 0 Å². The third kappa shape index (κ3) is 13.4. The smallest absolute Gasteiger partial charge is 0.241 e. The summed E-state index contributed by atoms with van der Waals surface area (Å²) >= 11 is 0. The van der Waals surface area contributed by atoms with Gasteiger partial charge in [0.05, 0.1) is 9.52 Å². The zero-order valence-electron chi connectivity index (χ0n) is 28.0. The average molecular weight is 606 g/mol. The van der Waals surface area contributed by atoms with Crippen molar-refractivity contribution < 1.29 is 9.47 Å². The van der Waals surface area contributed by atoms with E-state index in [1.807, 2.05) is 12.3 Å². The molecule has 2 heterocycles. The Hall–Kier alpha value is -1.81. The lowest BCUT2D eigenvalue weighted by atomic mass is 9.87. The minimum absolute atomic E-state index is 0.101. The van der Waals surface area contributed by atoms with E-state index >= 15 is 0 Å². The number of pyridine rings is 1. The molecule has 43 heavy (non-hydrogen) atoms. The summed E-state index contributed by atoms with van der Waals surface area (Å²) in [5.41, 5.74) is 2.22. The van der Waals surface area contributed by atoms with E-state index < -0.39 is 0 Å². The lowest BCUT2D eigenvalue weighted by molar-refractivity contribution is 0.0395. The van der Waals surface area contributed by atoms with E-state index in [0.717, 1.165) is 35.3 Å². The van der Waals surface area contributed by atoms with Gasteiger partial charge in [-0.15, -0.1) is 0 Å². The number of hydrogen-bond donors (Lipinski definition) is 0. The summed E-state index contributed by atoms with van der Waals surface area (Å²) in [6.07, 6.45) is 28.9. The van der Waals surface area contributed by atoms with Gasteiger partial charge in [0, 0.05) is 17.9 Å². The van der Waals surface area contributed by atoms with Gasteiger partial charge in [-0.3, -0.25) is 4.98 Å². The number of nitrogens with zero attached hydrogens (tertiary/aromatic N) is 1. The van der Waals surface area contributed by atoms with Gasteiger partial charge in [0.1, 0.15) is 0 Å². The van der Waals surface area contributed by atoms with E-state index in [0.29, 0.717) is 5.92 Å². The molecule has 1 aliphatic heterocycles. The van der Waals surface area contributed by atoms with Crippen LogP contribution in [-0.4, -0.2) is 20.8 Å². The number of unbranched alkanes of at least 4 members (excludes halogenated alkanes) is 8. The molecule has 1 fully saturated rings. The largest absolute Gasteiger partial charge is 0.451 e. The maximum absolute atomic E-state index is 6.36. The Morgan fingerprint density at radius 1 is 0.744 bits per heavy atom. The van der Waals surface area contributed by atoms with Gasteiger partial charge in [0.25, 0.3) is 0 Å². The number of hydrogen-bond acceptors (Lipinski definition) is 3. The summed E-state index contributed by atoms with van der Waals surface area (Å²) in [6, 6.07) is 13.3. The highest BCUT2D eigenvalue weighted by atomic mass is 28.2. The van der Waals surface area contributed by atoms with E-state index in [2.05, 4.69) is 56.1 Å². The second kappa shape index (κ2) is 19.5. The normalized spacial score (nSPS) is 18.3. The van der Waals surface area contributed by atoms with Crippen LogP contribution in [0, 0.1) is 11.8 Å². The Labute approximate surface area is 267 Å². The van der Waals surface area contributed by atoms with Crippen LogP contribution in [0.2, 0.25) is 5.54 Å². The molecular formula is C39H63NO2Si. The van der Waals surface area contributed by atoms with Gasteiger partial charge in [0.15, 0.2) is 11.5 Å². The zero-order chi connectivity index (χ0) is 30.1. The van der Waals surface area contributed by atoms with Crippen molar-refractivity contribution in [2.45, 2.75) is 167 Å². The molecule has 1 aromatic carbocycles. The number of benzene rings is 1. The summed E-state index contributed by atoms with van der Waals surface area (Å²) < 4.78 is 12.6. The van der Waals surface area contributed by atoms with Crippen molar-refractivity contribution in [2.75, 3.05) is 0 Å².